The third-order valence-electron chi connectivity index (χ3n) is 3.60. The van der Waals surface area contributed by atoms with Crippen LogP contribution in [0, 0.1) is 0 Å². The monoisotopic (exact) mass is 382 g/mol. The van der Waals surface area contributed by atoms with Crippen LogP contribution in [0.3, 0.4) is 0 Å². The summed E-state index contributed by atoms with van der Waals surface area (Å²) >= 11 is 6.16. The number of anilines is 3. The first-order valence-electron chi connectivity index (χ1n) is 7.89. The van der Waals surface area contributed by atoms with Crippen molar-refractivity contribution in [2.24, 2.45) is 0 Å². The smallest absolute Gasteiger partial charge is 0.337 e. The standard InChI is InChI=1S/C19H15ClN4O3/c1-27-19(26)12-4-6-15(20)16(9-12)23-14-5-7-17(22-11-14)24-18(25)13-3-2-8-21-10-13/h2-11,23H,1H3,(H,22,24,25). The maximum absolute atomic E-state index is 12.1. The Morgan fingerprint density at radius 1 is 1.07 bits per heavy atom. The lowest BCUT2D eigenvalue weighted by Gasteiger charge is -2.10. The fraction of sp³-hybridized carbons (Fsp3) is 0.0526. The molecule has 2 N–H and O–H groups in total. The van der Waals surface area contributed by atoms with Gasteiger partial charge in [-0.2, -0.15) is 0 Å². The van der Waals surface area contributed by atoms with Gasteiger partial charge >= 0.3 is 5.97 Å². The summed E-state index contributed by atoms with van der Waals surface area (Å²) in [7, 11) is 1.31. The fourth-order valence-electron chi connectivity index (χ4n) is 2.25. The van der Waals surface area contributed by atoms with Gasteiger partial charge in [0.15, 0.2) is 0 Å². The molecule has 7 nitrogen and oxygen atoms in total. The van der Waals surface area contributed by atoms with E-state index in [2.05, 4.69) is 20.6 Å². The highest BCUT2D eigenvalue weighted by Gasteiger charge is 2.10. The zero-order valence-corrected chi connectivity index (χ0v) is 15.0. The Morgan fingerprint density at radius 3 is 2.59 bits per heavy atom. The third-order valence-corrected chi connectivity index (χ3v) is 3.92. The minimum Gasteiger partial charge on any atom is -0.465 e. The van der Waals surface area contributed by atoms with Crippen molar-refractivity contribution in [1.29, 1.82) is 0 Å². The predicted octanol–water partition coefficient (Wildman–Crippen LogP) is 3.91. The zero-order valence-electron chi connectivity index (χ0n) is 14.3. The average Bonchev–Trinajstić information content (AvgIpc) is 2.71. The topological polar surface area (TPSA) is 93.2 Å². The van der Waals surface area contributed by atoms with Crippen LogP contribution in [0.4, 0.5) is 17.2 Å². The summed E-state index contributed by atoms with van der Waals surface area (Å²) in [6.07, 6.45) is 4.61. The highest BCUT2D eigenvalue weighted by molar-refractivity contribution is 6.33. The van der Waals surface area contributed by atoms with E-state index in [-0.39, 0.29) is 5.91 Å². The van der Waals surface area contributed by atoms with E-state index in [0.29, 0.717) is 33.3 Å². The summed E-state index contributed by atoms with van der Waals surface area (Å²) in [5, 5.41) is 6.21. The number of nitrogens with one attached hydrogen (secondary N) is 2. The van der Waals surface area contributed by atoms with E-state index in [0.717, 1.165) is 0 Å². The van der Waals surface area contributed by atoms with Crippen LogP contribution in [0.2, 0.25) is 5.02 Å². The molecule has 3 rings (SSSR count). The molecule has 0 spiro atoms. The minimum atomic E-state index is -0.457. The maximum Gasteiger partial charge on any atom is 0.337 e. The summed E-state index contributed by atoms with van der Waals surface area (Å²) in [5.41, 5.74) is 1.98. The molecule has 2 heterocycles. The largest absolute Gasteiger partial charge is 0.465 e. The zero-order chi connectivity index (χ0) is 19.2. The Hall–Kier alpha value is -3.45. The molecular formula is C19H15ClN4O3. The van der Waals surface area contributed by atoms with E-state index in [1.54, 1.807) is 54.9 Å². The van der Waals surface area contributed by atoms with Gasteiger partial charge in [-0.15, -0.1) is 0 Å². The van der Waals surface area contributed by atoms with Gasteiger partial charge in [-0.05, 0) is 42.5 Å². The second-order valence-electron chi connectivity index (χ2n) is 5.44. The van der Waals surface area contributed by atoms with Gasteiger partial charge in [0, 0.05) is 12.4 Å². The van der Waals surface area contributed by atoms with Crippen LogP contribution < -0.4 is 10.6 Å². The molecule has 2 aromatic heterocycles. The Balaban J connectivity index is 1.71. The van der Waals surface area contributed by atoms with Crippen molar-refractivity contribution in [3.05, 3.63) is 77.2 Å². The second kappa shape index (κ2) is 8.29. The predicted molar refractivity (Wildman–Crippen MR) is 103 cm³/mol. The van der Waals surface area contributed by atoms with Crippen molar-refractivity contribution in [3.8, 4) is 0 Å². The molecule has 0 aliphatic rings. The molecular weight excluding hydrogens is 368 g/mol. The van der Waals surface area contributed by atoms with Crippen molar-refractivity contribution in [3.63, 3.8) is 0 Å². The number of esters is 1. The minimum absolute atomic E-state index is 0.301. The van der Waals surface area contributed by atoms with Gasteiger partial charge in [0.2, 0.25) is 0 Å². The molecule has 1 aromatic carbocycles. The first-order chi connectivity index (χ1) is 13.1. The van der Waals surface area contributed by atoms with E-state index in [4.69, 9.17) is 16.3 Å². The number of hydrogen-bond acceptors (Lipinski definition) is 6. The molecule has 0 bridgehead atoms. The summed E-state index contributed by atoms with van der Waals surface area (Å²) < 4.78 is 4.70. The second-order valence-corrected chi connectivity index (χ2v) is 5.85. The molecule has 1 amide bonds. The normalized spacial score (nSPS) is 10.1. The van der Waals surface area contributed by atoms with E-state index in [9.17, 15) is 9.59 Å². The first kappa shape index (κ1) is 18.3. The van der Waals surface area contributed by atoms with Gasteiger partial charge in [-0.3, -0.25) is 9.78 Å². The molecule has 0 fully saturated rings. The molecule has 0 saturated carbocycles. The number of methoxy groups -OCH3 is 1. The van der Waals surface area contributed by atoms with E-state index in [1.807, 2.05) is 0 Å². The van der Waals surface area contributed by atoms with Crippen LogP contribution in [0.5, 0.6) is 0 Å². The SMILES string of the molecule is COC(=O)c1ccc(Cl)c(Nc2ccc(NC(=O)c3cccnc3)nc2)c1. The van der Waals surface area contributed by atoms with Gasteiger partial charge in [0.05, 0.1) is 40.8 Å². The van der Waals surface area contributed by atoms with Crippen molar-refractivity contribution in [1.82, 2.24) is 9.97 Å². The summed E-state index contributed by atoms with van der Waals surface area (Å²) in [6.45, 7) is 0. The number of nitrogens with zero attached hydrogens (tertiary/aromatic N) is 2. The molecule has 0 saturated heterocycles. The van der Waals surface area contributed by atoms with E-state index < -0.39 is 5.97 Å². The number of pyridine rings is 2. The Kier molecular flexibility index (Phi) is 5.63. The van der Waals surface area contributed by atoms with Crippen LogP contribution in [-0.4, -0.2) is 29.0 Å². The van der Waals surface area contributed by atoms with E-state index in [1.165, 1.54) is 13.3 Å². The summed E-state index contributed by atoms with van der Waals surface area (Å²) in [6, 6.07) is 11.5. The number of halogens is 1. The molecule has 3 aromatic rings. The molecule has 8 heteroatoms. The van der Waals surface area contributed by atoms with Gasteiger partial charge < -0.3 is 15.4 Å². The van der Waals surface area contributed by atoms with Gasteiger partial charge in [0.1, 0.15) is 5.82 Å². The number of amides is 1. The molecule has 136 valence electrons. The van der Waals surface area contributed by atoms with Crippen molar-refractivity contribution >= 4 is 40.7 Å². The highest BCUT2D eigenvalue weighted by Crippen LogP contribution is 2.27. The number of benzene rings is 1. The Morgan fingerprint density at radius 2 is 1.93 bits per heavy atom. The van der Waals surface area contributed by atoms with Gasteiger partial charge in [0.25, 0.3) is 5.91 Å². The van der Waals surface area contributed by atoms with Crippen molar-refractivity contribution < 1.29 is 14.3 Å². The Labute approximate surface area is 160 Å². The average molecular weight is 383 g/mol. The summed E-state index contributed by atoms with van der Waals surface area (Å²) in [5.74, 6) is -0.366. The molecule has 0 aliphatic carbocycles. The highest BCUT2D eigenvalue weighted by atomic mass is 35.5. The van der Waals surface area contributed by atoms with Gasteiger partial charge in [-0.25, -0.2) is 9.78 Å². The third kappa shape index (κ3) is 4.59. The van der Waals surface area contributed by atoms with E-state index >= 15 is 0 Å². The number of carbonyl (C=O) groups excluding carboxylic acids is 2. The lowest BCUT2D eigenvalue weighted by Crippen LogP contribution is -2.13. The lowest BCUT2D eigenvalue weighted by molar-refractivity contribution is 0.0600. The number of hydrogen-bond donors (Lipinski definition) is 2. The molecule has 0 aliphatic heterocycles. The summed E-state index contributed by atoms with van der Waals surface area (Å²) in [4.78, 5) is 31.8. The van der Waals surface area contributed by atoms with Crippen LogP contribution in [0.1, 0.15) is 20.7 Å². The van der Waals surface area contributed by atoms with Crippen molar-refractivity contribution in [2.45, 2.75) is 0 Å². The quantitative estimate of drug-likeness (QED) is 0.650. The molecule has 0 unspecified atom stereocenters. The number of ether oxygens (including phenoxy) is 1. The number of carbonyl (C=O) groups is 2. The fourth-order valence-corrected chi connectivity index (χ4v) is 2.41. The maximum atomic E-state index is 12.1. The first-order valence-corrected chi connectivity index (χ1v) is 8.27. The lowest BCUT2D eigenvalue weighted by atomic mass is 10.2. The van der Waals surface area contributed by atoms with Crippen LogP contribution in [0.25, 0.3) is 0 Å². The molecule has 0 atom stereocenters. The van der Waals surface area contributed by atoms with Crippen LogP contribution >= 0.6 is 11.6 Å². The van der Waals surface area contributed by atoms with Crippen LogP contribution in [0.15, 0.2) is 61.1 Å². The molecule has 0 radical (unpaired) electrons. The van der Waals surface area contributed by atoms with Crippen LogP contribution in [-0.2, 0) is 4.74 Å². The van der Waals surface area contributed by atoms with Crippen molar-refractivity contribution in [2.75, 3.05) is 17.7 Å². The van der Waals surface area contributed by atoms with Gasteiger partial charge in [-0.1, -0.05) is 11.6 Å². The number of rotatable bonds is 5. The number of aromatic nitrogens is 2. The molecule has 27 heavy (non-hydrogen) atoms. The Bertz CT molecular complexity index is 962.